The van der Waals surface area contributed by atoms with Crippen molar-refractivity contribution in [3.8, 4) is 23.0 Å². The summed E-state index contributed by atoms with van der Waals surface area (Å²) in [5, 5.41) is 22.4. The van der Waals surface area contributed by atoms with E-state index in [-0.39, 0.29) is 34.5 Å². The normalized spacial score (nSPS) is 21.5. The van der Waals surface area contributed by atoms with E-state index in [2.05, 4.69) is 19.9 Å². The van der Waals surface area contributed by atoms with Gasteiger partial charge in [-0.3, -0.25) is 4.98 Å². The number of aryl methyl sites for hydroxylation is 1. The number of piperidine rings is 1. The lowest BCUT2D eigenvalue weighted by molar-refractivity contribution is -0.0719. The molecular formula is C28H28F2N4O3. The number of aromatic nitrogens is 3. The fraction of sp³-hybridized carbons (Fsp3) is 0.393. The molecule has 0 bridgehead atoms. The Labute approximate surface area is 212 Å². The summed E-state index contributed by atoms with van der Waals surface area (Å²) in [5.41, 5.74) is 0.541. The third kappa shape index (κ3) is 3.67. The van der Waals surface area contributed by atoms with E-state index in [0.29, 0.717) is 52.6 Å². The number of phenols is 1. The molecule has 2 aliphatic rings. The molecule has 6 rings (SSSR count). The predicted molar refractivity (Wildman–Crippen MR) is 137 cm³/mol. The zero-order chi connectivity index (χ0) is 25.9. The van der Waals surface area contributed by atoms with Crippen molar-refractivity contribution >= 4 is 27.5 Å². The summed E-state index contributed by atoms with van der Waals surface area (Å²) < 4.78 is 36.3. The van der Waals surface area contributed by atoms with E-state index in [1.165, 1.54) is 31.5 Å². The maximum absolute atomic E-state index is 16.3. The molecule has 4 aromatic rings. The Morgan fingerprint density at radius 2 is 2.03 bits per heavy atom. The Morgan fingerprint density at radius 3 is 2.73 bits per heavy atom. The number of halogens is 2. The van der Waals surface area contributed by atoms with Crippen LogP contribution in [0.2, 0.25) is 0 Å². The molecule has 1 aliphatic heterocycles. The molecule has 7 nitrogen and oxygen atoms in total. The van der Waals surface area contributed by atoms with Crippen LogP contribution in [-0.4, -0.2) is 51.5 Å². The number of pyridine rings is 1. The van der Waals surface area contributed by atoms with Gasteiger partial charge in [0.15, 0.2) is 5.82 Å². The summed E-state index contributed by atoms with van der Waals surface area (Å²) >= 11 is 0. The van der Waals surface area contributed by atoms with Crippen LogP contribution in [-0.2, 0) is 6.42 Å². The lowest BCUT2D eigenvalue weighted by atomic mass is 9.62. The molecule has 1 spiro atoms. The Bertz CT molecular complexity index is 1550. The third-order valence-electron chi connectivity index (χ3n) is 8.12. The SMILES string of the molecule is CCc1c(F)ccc2cc(O)cc(-c3ncc4c(N5CCCC6(CCC6O)C5)nc(OC)nc4c3F)c12. The molecule has 2 aromatic carbocycles. The fourth-order valence-electron chi connectivity index (χ4n) is 6.07. The zero-order valence-electron chi connectivity index (χ0n) is 20.8. The molecule has 2 fully saturated rings. The molecule has 1 saturated carbocycles. The van der Waals surface area contributed by atoms with Crippen LogP contribution >= 0.6 is 0 Å². The molecule has 0 radical (unpaired) electrons. The number of nitrogens with zero attached hydrogens (tertiary/aromatic N) is 4. The average molecular weight is 507 g/mol. The van der Waals surface area contributed by atoms with Crippen molar-refractivity contribution in [3.05, 3.63) is 47.7 Å². The zero-order valence-corrected chi connectivity index (χ0v) is 20.8. The second-order valence-corrected chi connectivity index (χ2v) is 10.1. The van der Waals surface area contributed by atoms with Crippen molar-refractivity contribution in [2.75, 3.05) is 25.1 Å². The van der Waals surface area contributed by atoms with Crippen molar-refractivity contribution in [2.24, 2.45) is 5.41 Å². The van der Waals surface area contributed by atoms with Gasteiger partial charge in [-0.25, -0.2) is 8.78 Å². The number of ether oxygens (including phenoxy) is 1. The van der Waals surface area contributed by atoms with Gasteiger partial charge in [0.05, 0.1) is 18.6 Å². The van der Waals surface area contributed by atoms with Crippen LogP contribution in [0.4, 0.5) is 14.6 Å². The molecule has 2 atom stereocenters. The monoisotopic (exact) mass is 506 g/mol. The van der Waals surface area contributed by atoms with Crippen LogP contribution in [0, 0.1) is 17.0 Å². The van der Waals surface area contributed by atoms with E-state index >= 15 is 4.39 Å². The third-order valence-corrected chi connectivity index (χ3v) is 8.12. The van der Waals surface area contributed by atoms with Crippen LogP contribution < -0.4 is 9.64 Å². The number of benzene rings is 2. The summed E-state index contributed by atoms with van der Waals surface area (Å²) in [7, 11) is 1.43. The van der Waals surface area contributed by atoms with Crippen LogP contribution in [0.5, 0.6) is 11.8 Å². The number of fused-ring (bicyclic) bond motifs is 2. The molecule has 9 heteroatoms. The molecule has 2 N–H and O–H groups in total. The molecule has 3 heterocycles. The standard InChI is InChI=1S/C28H28F2N4O3/c1-3-17-20(29)6-5-15-11-16(35)12-18(22(15)17)24-23(30)25-19(13-31-24)26(33-27(32-25)37-2)34-10-4-8-28(14-34)9-7-21(28)36/h5-6,11-13,21,35-36H,3-4,7-10,14H2,1-2H3. The number of aliphatic hydroxyl groups excluding tert-OH is 1. The summed E-state index contributed by atoms with van der Waals surface area (Å²) in [5.74, 6) is -0.658. The molecule has 2 unspecified atom stereocenters. The maximum atomic E-state index is 16.3. The molecule has 0 amide bonds. The van der Waals surface area contributed by atoms with Gasteiger partial charge < -0.3 is 19.8 Å². The quantitative estimate of drug-likeness (QED) is 0.396. The molecule has 37 heavy (non-hydrogen) atoms. The maximum Gasteiger partial charge on any atom is 0.318 e. The smallest absolute Gasteiger partial charge is 0.318 e. The molecule has 1 aliphatic carbocycles. The summed E-state index contributed by atoms with van der Waals surface area (Å²) in [4.78, 5) is 15.4. The largest absolute Gasteiger partial charge is 0.508 e. The molecular weight excluding hydrogens is 478 g/mol. The van der Waals surface area contributed by atoms with Gasteiger partial charge in [-0.05, 0) is 66.6 Å². The lowest BCUT2D eigenvalue weighted by Gasteiger charge is -2.52. The van der Waals surface area contributed by atoms with Gasteiger partial charge in [0.25, 0.3) is 0 Å². The molecule has 1 saturated heterocycles. The second kappa shape index (κ2) is 8.76. The van der Waals surface area contributed by atoms with Crippen molar-refractivity contribution in [1.29, 1.82) is 0 Å². The van der Waals surface area contributed by atoms with Crippen molar-refractivity contribution in [3.63, 3.8) is 0 Å². The van der Waals surface area contributed by atoms with E-state index < -0.39 is 11.6 Å². The lowest BCUT2D eigenvalue weighted by Crippen LogP contribution is -2.55. The number of anilines is 1. The predicted octanol–water partition coefficient (Wildman–Crippen LogP) is 5.14. The van der Waals surface area contributed by atoms with E-state index in [0.717, 1.165) is 25.7 Å². The van der Waals surface area contributed by atoms with Gasteiger partial charge in [0.1, 0.15) is 28.6 Å². The van der Waals surface area contributed by atoms with E-state index in [1.807, 2.05) is 6.92 Å². The van der Waals surface area contributed by atoms with Crippen molar-refractivity contribution in [1.82, 2.24) is 15.0 Å². The van der Waals surface area contributed by atoms with E-state index in [9.17, 15) is 14.6 Å². The fourth-order valence-corrected chi connectivity index (χ4v) is 6.07. The molecule has 192 valence electrons. The average Bonchev–Trinajstić information content (AvgIpc) is 2.91. The van der Waals surface area contributed by atoms with Crippen LogP contribution in [0.1, 0.15) is 38.2 Å². The number of methoxy groups -OCH3 is 1. The Balaban J connectivity index is 1.55. The minimum Gasteiger partial charge on any atom is -0.508 e. The van der Waals surface area contributed by atoms with Gasteiger partial charge >= 0.3 is 6.01 Å². The van der Waals surface area contributed by atoms with E-state index in [1.54, 1.807) is 6.07 Å². The highest BCUT2D eigenvalue weighted by atomic mass is 19.1. The summed E-state index contributed by atoms with van der Waals surface area (Å²) in [6, 6.07) is 5.87. The van der Waals surface area contributed by atoms with Crippen LogP contribution in [0.25, 0.3) is 32.9 Å². The van der Waals surface area contributed by atoms with Gasteiger partial charge in [-0.15, -0.1) is 0 Å². The number of aliphatic hydroxyl groups is 1. The number of phenolic OH excluding ortho intramolecular Hbond substituents is 1. The summed E-state index contributed by atoms with van der Waals surface area (Å²) in [6.07, 6.45) is 5.14. The van der Waals surface area contributed by atoms with Crippen LogP contribution in [0.3, 0.4) is 0 Å². The first-order valence-corrected chi connectivity index (χ1v) is 12.6. The topological polar surface area (TPSA) is 91.6 Å². The second-order valence-electron chi connectivity index (χ2n) is 10.1. The highest BCUT2D eigenvalue weighted by Crippen LogP contribution is 2.49. The summed E-state index contributed by atoms with van der Waals surface area (Å²) in [6.45, 7) is 3.15. The van der Waals surface area contributed by atoms with Gasteiger partial charge in [0.2, 0.25) is 0 Å². The Hall–Kier alpha value is -3.59. The van der Waals surface area contributed by atoms with Gasteiger partial charge in [0, 0.05) is 30.3 Å². The first-order valence-electron chi connectivity index (χ1n) is 12.6. The van der Waals surface area contributed by atoms with E-state index in [4.69, 9.17) is 4.74 Å². The molecule has 2 aromatic heterocycles. The minimum atomic E-state index is -0.701. The minimum absolute atomic E-state index is 0.0217. The highest BCUT2D eigenvalue weighted by Gasteiger charge is 2.48. The Kier molecular flexibility index (Phi) is 5.63. The number of rotatable bonds is 4. The van der Waals surface area contributed by atoms with Gasteiger partial charge in [-0.2, -0.15) is 9.97 Å². The van der Waals surface area contributed by atoms with Crippen LogP contribution in [0.15, 0.2) is 30.5 Å². The van der Waals surface area contributed by atoms with Crippen molar-refractivity contribution < 1.29 is 23.7 Å². The number of aromatic hydroxyl groups is 1. The first-order chi connectivity index (χ1) is 17.8. The highest BCUT2D eigenvalue weighted by molar-refractivity contribution is 6.01. The Morgan fingerprint density at radius 1 is 1.19 bits per heavy atom. The first kappa shape index (κ1) is 23.8. The van der Waals surface area contributed by atoms with Gasteiger partial charge in [-0.1, -0.05) is 13.0 Å². The number of hydrogen-bond acceptors (Lipinski definition) is 7. The van der Waals surface area contributed by atoms with Crippen molar-refractivity contribution in [2.45, 2.75) is 45.1 Å². The number of hydrogen-bond donors (Lipinski definition) is 2.